The van der Waals surface area contributed by atoms with Crippen molar-refractivity contribution < 1.29 is 19.2 Å². The van der Waals surface area contributed by atoms with E-state index in [0.29, 0.717) is 0 Å². The number of hydrogen-bond donors (Lipinski definition) is 3. The van der Waals surface area contributed by atoms with Crippen molar-refractivity contribution in [3.63, 3.8) is 0 Å². The van der Waals surface area contributed by atoms with Crippen molar-refractivity contribution in [2.75, 3.05) is 11.9 Å². The topological polar surface area (TPSA) is 118 Å². The summed E-state index contributed by atoms with van der Waals surface area (Å²) in [5.74, 6) is -1.98. The zero-order valence-electron chi connectivity index (χ0n) is 8.59. The number of nitro groups is 1. The molecule has 0 fully saturated rings. The molecule has 0 spiro atoms. The van der Waals surface area contributed by atoms with Gasteiger partial charge in [-0.3, -0.25) is 14.9 Å². The summed E-state index contributed by atoms with van der Waals surface area (Å²) in [5.41, 5.74) is 3.92. The number of para-hydroxylation sites is 1. The van der Waals surface area contributed by atoms with Gasteiger partial charge in [0.15, 0.2) is 0 Å². The van der Waals surface area contributed by atoms with E-state index in [0.717, 1.165) is 6.07 Å². The average Bonchev–Trinajstić information content (AvgIpc) is 2.24. The van der Waals surface area contributed by atoms with Gasteiger partial charge < -0.3 is 16.2 Å². The van der Waals surface area contributed by atoms with E-state index in [1.807, 2.05) is 0 Å². The number of aliphatic hydroxyl groups excluding tert-OH is 1. The number of nitro benzene ring substituents is 1. The molecule has 0 aliphatic rings. The fourth-order valence-electron chi connectivity index (χ4n) is 1.15. The van der Waals surface area contributed by atoms with E-state index in [2.05, 4.69) is 5.32 Å². The van der Waals surface area contributed by atoms with Crippen molar-refractivity contribution in [2.24, 2.45) is 5.73 Å². The number of halogens is 1. The van der Waals surface area contributed by atoms with Crippen LogP contribution in [0.15, 0.2) is 18.2 Å². The molecule has 7 nitrogen and oxygen atoms in total. The molecule has 0 aromatic heterocycles. The summed E-state index contributed by atoms with van der Waals surface area (Å²) in [6.07, 6.45) is -1.50. The maximum Gasteiger partial charge on any atom is 0.327 e. The molecule has 8 heteroatoms. The van der Waals surface area contributed by atoms with Gasteiger partial charge in [0.25, 0.3) is 0 Å². The molecule has 0 saturated carbocycles. The second-order valence-electron chi connectivity index (χ2n) is 3.19. The first kappa shape index (κ1) is 12.8. The summed E-state index contributed by atoms with van der Waals surface area (Å²) in [7, 11) is 0. The predicted octanol–water partition coefficient (Wildman–Crippen LogP) is -0.00800. The highest BCUT2D eigenvalue weighted by atomic mass is 19.1. The van der Waals surface area contributed by atoms with Crippen LogP contribution in [-0.2, 0) is 4.79 Å². The van der Waals surface area contributed by atoms with Gasteiger partial charge in [-0.2, -0.15) is 4.39 Å². The third-order valence-corrected chi connectivity index (χ3v) is 1.98. The standard InChI is InChI=1S/C9H10FN3O4/c10-5-2-1-3-6(8(5)13(16)17)12-4-7(14)9(11)15/h1-3,7,12,14H,4H2,(H2,11,15). The molecular weight excluding hydrogens is 233 g/mol. The highest BCUT2D eigenvalue weighted by Crippen LogP contribution is 2.26. The second kappa shape index (κ2) is 5.21. The van der Waals surface area contributed by atoms with Gasteiger partial charge in [-0.1, -0.05) is 6.07 Å². The first-order valence-corrected chi connectivity index (χ1v) is 4.57. The molecule has 1 aromatic rings. The summed E-state index contributed by atoms with van der Waals surface area (Å²) < 4.78 is 13.1. The molecule has 4 N–H and O–H groups in total. The molecule has 1 rings (SSSR count). The number of carbonyl (C=O) groups excluding carboxylic acids is 1. The van der Waals surface area contributed by atoms with Crippen molar-refractivity contribution in [3.8, 4) is 0 Å². The van der Waals surface area contributed by atoms with Crippen LogP contribution in [-0.4, -0.2) is 28.6 Å². The Morgan fingerprint density at radius 2 is 2.29 bits per heavy atom. The van der Waals surface area contributed by atoms with Crippen molar-refractivity contribution in [1.82, 2.24) is 0 Å². The molecule has 0 bridgehead atoms. The Balaban J connectivity index is 2.88. The normalized spacial score (nSPS) is 11.9. The van der Waals surface area contributed by atoms with Crippen molar-refractivity contribution >= 4 is 17.3 Å². The minimum absolute atomic E-state index is 0.129. The minimum Gasteiger partial charge on any atom is -0.381 e. The second-order valence-corrected chi connectivity index (χ2v) is 3.19. The molecule has 0 heterocycles. The van der Waals surface area contributed by atoms with E-state index in [9.17, 15) is 19.3 Å². The molecule has 1 aromatic carbocycles. The van der Waals surface area contributed by atoms with Crippen LogP contribution in [0.1, 0.15) is 0 Å². The van der Waals surface area contributed by atoms with E-state index in [-0.39, 0.29) is 12.2 Å². The molecule has 1 atom stereocenters. The highest BCUT2D eigenvalue weighted by Gasteiger charge is 2.20. The number of carbonyl (C=O) groups is 1. The molecule has 0 aliphatic heterocycles. The van der Waals surface area contributed by atoms with E-state index in [4.69, 9.17) is 10.8 Å². The lowest BCUT2D eigenvalue weighted by Gasteiger charge is -2.09. The smallest absolute Gasteiger partial charge is 0.327 e. The number of nitrogens with two attached hydrogens (primary N) is 1. The molecule has 1 amide bonds. The van der Waals surface area contributed by atoms with E-state index < -0.39 is 28.4 Å². The lowest BCUT2D eigenvalue weighted by atomic mass is 10.2. The minimum atomic E-state index is -1.50. The van der Waals surface area contributed by atoms with Gasteiger partial charge in [0.2, 0.25) is 11.7 Å². The third kappa shape index (κ3) is 3.11. The maximum absolute atomic E-state index is 13.1. The number of primary amides is 1. The van der Waals surface area contributed by atoms with Gasteiger partial charge in [0.1, 0.15) is 11.8 Å². The molecule has 0 saturated heterocycles. The lowest BCUT2D eigenvalue weighted by Crippen LogP contribution is -2.34. The van der Waals surface area contributed by atoms with Crippen LogP contribution in [0.25, 0.3) is 0 Å². The van der Waals surface area contributed by atoms with Gasteiger partial charge in [-0.15, -0.1) is 0 Å². The maximum atomic E-state index is 13.1. The number of anilines is 1. The summed E-state index contributed by atoms with van der Waals surface area (Å²) in [4.78, 5) is 20.2. The highest BCUT2D eigenvalue weighted by molar-refractivity contribution is 5.79. The Bertz CT molecular complexity index is 452. The number of benzene rings is 1. The van der Waals surface area contributed by atoms with Crippen molar-refractivity contribution in [3.05, 3.63) is 34.1 Å². The van der Waals surface area contributed by atoms with Gasteiger partial charge in [0, 0.05) is 0 Å². The zero-order valence-corrected chi connectivity index (χ0v) is 8.59. The summed E-state index contributed by atoms with van der Waals surface area (Å²) in [5, 5.41) is 22.1. The summed E-state index contributed by atoms with van der Waals surface area (Å²) in [6.45, 7) is -0.334. The lowest BCUT2D eigenvalue weighted by molar-refractivity contribution is -0.386. The Kier molecular flexibility index (Phi) is 3.94. The molecule has 92 valence electrons. The van der Waals surface area contributed by atoms with Crippen LogP contribution < -0.4 is 11.1 Å². The number of aliphatic hydroxyl groups is 1. The van der Waals surface area contributed by atoms with Crippen LogP contribution in [0.3, 0.4) is 0 Å². The van der Waals surface area contributed by atoms with Gasteiger partial charge >= 0.3 is 5.69 Å². The number of hydrogen-bond acceptors (Lipinski definition) is 5. The van der Waals surface area contributed by atoms with Crippen LogP contribution >= 0.6 is 0 Å². The first-order valence-electron chi connectivity index (χ1n) is 4.57. The quantitative estimate of drug-likeness (QED) is 0.496. The van der Waals surface area contributed by atoms with Gasteiger partial charge in [-0.25, -0.2) is 0 Å². The number of nitrogens with one attached hydrogen (secondary N) is 1. The third-order valence-electron chi connectivity index (χ3n) is 1.98. The Labute approximate surface area is 95.2 Å². The fraction of sp³-hybridized carbons (Fsp3) is 0.222. The van der Waals surface area contributed by atoms with Crippen LogP contribution in [0.4, 0.5) is 15.8 Å². The molecule has 17 heavy (non-hydrogen) atoms. The Morgan fingerprint density at radius 1 is 1.65 bits per heavy atom. The number of amides is 1. The molecule has 0 aliphatic carbocycles. The zero-order chi connectivity index (χ0) is 13.0. The number of rotatable bonds is 5. The SMILES string of the molecule is NC(=O)C(O)CNc1cccc(F)c1[N+](=O)[O-]. The Morgan fingerprint density at radius 3 is 2.82 bits per heavy atom. The summed E-state index contributed by atoms with van der Waals surface area (Å²) >= 11 is 0. The van der Waals surface area contributed by atoms with E-state index >= 15 is 0 Å². The van der Waals surface area contributed by atoms with Gasteiger partial charge in [0.05, 0.1) is 11.5 Å². The fourth-order valence-corrected chi connectivity index (χ4v) is 1.15. The summed E-state index contributed by atoms with van der Waals surface area (Å²) in [6, 6.07) is 3.46. The van der Waals surface area contributed by atoms with Crippen LogP contribution in [0.2, 0.25) is 0 Å². The monoisotopic (exact) mass is 243 g/mol. The van der Waals surface area contributed by atoms with E-state index in [1.165, 1.54) is 12.1 Å². The molecule has 1 unspecified atom stereocenters. The van der Waals surface area contributed by atoms with Crippen LogP contribution in [0.5, 0.6) is 0 Å². The van der Waals surface area contributed by atoms with Gasteiger partial charge in [-0.05, 0) is 12.1 Å². The van der Waals surface area contributed by atoms with Crippen molar-refractivity contribution in [1.29, 1.82) is 0 Å². The number of nitrogens with zero attached hydrogens (tertiary/aromatic N) is 1. The predicted molar refractivity (Wildman–Crippen MR) is 56.7 cm³/mol. The molecule has 0 radical (unpaired) electrons. The van der Waals surface area contributed by atoms with Crippen LogP contribution in [0, 0.1) is 15.9 Å². The average molecular weight is 243 g/mol. The van der Waals surface area contributed by atoms with Crippen molar-refractivity contribution in [2.45, 2.75) is 6.10 Å². The largest absolute Gasteiger partial charge is 0.381 e. The van der Waals surface area contributed by atoms with E-state index in [1.54, 1.807) is 0 Å². The Hall–Kier alpha value is -2.22. The molecular formula is C9H10FN3O4. The first-order chi connectivity index (χ1) is 7.93.